The number of rotatable bonds is 5. The van der Waals surface area contributed by atoms with Crippen LogP contribution in [-0.2, 0) is 25.5 Å². The number of H-pyrrole nitrogens is 1. The summed E-state index contributed by atoms with van der Waals surface area (Å²) in [5.74, 6) is -1.97. The Morgan fingerprint density at radius 3 is 2.62 bits per heavy atom. The molecule has 0 spiro atoms. The normalized spacial score (nSPS) is 16.9. The molecule has 6 heteroatoms. The van der Waals surface area contributed by atoms with Crippen molar-refractivity contribution in [3.8, 4) is 0 Å². The standard InChI is InChI=1S/C18H22N2O4/c1-23-17(21)13(18(22)24-2)7-8-15-16-12(9-10-19-15)11-5-3-4-6-14(11)20-16/h3-6,13,15,19-20H,7-10H2,1-2H3. The van der Waals surface area contributed by atoms with Gasteiger partial charge in [-0.25, -0.2) is 0 Å². The van der Waals surface area contributed by atoms with E-state index in [1.54, 1.807) is 0 Å². The maximum atomic E-state index is 11.8. The minimum Gasteiger partial charge on any atom is -0.468 e. The summed E-state index contributed by atoms with van der Waals surface area (Å²) in [6, 6.07) is 8.32. The van der Waals surface area contributed by atoms with Crippen molar-refractivity contribution in [2.24, 2.45) is 5.92 Å². The quantitative estimate of drug-likeness (QED) is 0.648. The van der Waals surface area contributed by atoms with Gasteiger partial charge in [-0.2, -0.15) is 0 Å². The molecule has 0 saturated carbocycles. The first-order valence-corrected chi connectivity index (χ1v) is 8.14. The molecule has 2 aromatic rings. The highest BCUT2D eigenvalue weighted by Gasteiger charge is 2.31. The van der Waals surface area contributed by atoms with E-state index < -0.39 is 17.9 Å². The third-order valence-corrected chi connectivity index (χ3v) is 4.68. The van der Waals surface area contributed by atoms with Crippen LogP contribution in [-0.4, -0.2) is 37.7 Å². The number of para-hydroxylation sites is 1. The number of fused-ring (bicyclic) bond motifs is 3. The van der Waals surface area contributed by atoms with Gasteiger partial charge < -0.3 is 19.8 Å². The fraction of sp³-hybridized carbons (Fsp3) is 0.444. The molecule has 0 fully saturated rings. The van der Waals surface area contributed by atoms with Crippen molar-refractivity contribution < 1.29 is 19.1 Å². The number of aromatic amines is 1. The van der Waals surface area contributed by atoms with Crippen LogP contribution in [0.1, 0.15) is 30.1 Å². The summed E-state index contributed by atoms with van der Waals surface area (Å²) in [6.07, 6.45) is 1.99. The Bertz CT molecular complexity index is 737. The first-order chi connectivity index (χ1) is 11.7. The number of esters is 2. The summed E-state index contributed by atoms with van der Waals surface area (Å²) in [4.78, 5) is 27.1. The highest BCUT2D eigenvalue weighted by molar-refractivity contribution is 5.94. The van der Waals surface area contributed by atoms with E-state index in [0.717, 1.165) is 24.2 Å². The molecule has 6 nitrogen and oxygen atoms in total. The Labute approximate surface area is 140 Å². The zero-order valence-corrected chi connectivity index (χ0v) is 13.9. The molecule has 0 amide bonds. The summed E-state index contributed by atoms with van der Waals surface area (Å²) < 4.78 is 9.45. The van der Waals surface area contributed by atoms with Gasteiger partial charge in [0.25, 0.3) is 0 Å². The van der Waals surface area contributed by atoms with Gasteiger partial charge in [0.15, 0.2) is 5.92 Å². The molecule has 1 unspecified atom stereocenters. The zero-order chi connectivity index (χ0) is 17.1. The van der Waals surface area contributed by atoms with Crippen LogP contribution in [0, 0.1) is 5.92 Å². The predicted octanol–water partition coefficient (Wildman–Crippen LogP) is 2.10. The maximum Gasteiger partial charge on any atom is 0.320 e. The number of carbonyl (C=O) groups is 2. The summed E-state index contributed by atoms with van der Waals surface area (Å²) in [5, 5.41) is 4.72. The number of hydrogen-bond acceptors (Lipinski definition) is 5. The molecular formula is C18H22N2O4. The topological polar surface area (TPSA) is 80.4 Å². The van der Waals surface area contributed by atoms with E-state index in [0.29, 0.717) is 12.8 Å². The number of carbonyl (C=O) groups excluding carboxylic acids is 2. The maximum absolute atomic E-state index is 11.8. The van der Waals surface area contributed by atoms with Gasteiger partial charge in [0.2, 0.25) is 0 Å². The minimum atomic E-state index is -0.878. The van der Waals surface area contributed by atoms with Crippen LogP contribution >= 0.6 is 0 Å². The number of aromatic nitrogens is 1. The number of hydrogen-bond donors (Lipinski definition) is 2. The molecule has 1 atom stereocenters. The molecule has 0 aliphatic carbocycles. The van der Waals surface area contributed by atoms with Crippen molar-refractivity contribution >= 4 is 22.8 Å². The van der Waals surface area contributed by atoms with Crippen molar-refractivity contribution in [1.82, 2.24) is 10.3 Å². The number of nitrogens with one attached hydrogen (secondary N) is 2. The SMILES string of the molecule is COC(=O)C(CCC1NCCc2c1[nH]c1ccccc21)C(=O)OC. The van der Waals surface area contributed by atoms with Gasteiger partial charge in [-0.1, -0.05) is 18.2 Å². The summed E-state index contributed by atoms with van der Waals surface area (Å²) >= 11 is 0. The highest BCUT2D eigenvalue weighted by Crippen LogP contribution is 2.32. The lowest BCUT2D eigenvalue weighted by molar-refractivity contribution is -0.159. The first-order valence-electron chi connectivity index (χ1n) is 8.14. The number of benzene rings is 1. The molecular weight excluding hydrogens is 308 g/mol. The lowest BCUT2D eigenvalue weighted by atomic mass is 9.93. The molecule has 0 radical (unpaired) electrons. The van der Waals surface area contributed by atoms with Crippen molar-refractivity contribution in [2.45, 2.75) is 25.3 Å². The summed E-state index contributed by atoms with van der Waals surface area (Å²) in [7, 11) is 2.57. The van der Waals surface area contributed by atoms with E-state index in [-0.39, 0.29) is 6.04 Å². The fourth-order valence-corrected chi connectivity index (χ4v) is 3.46. The van der Waals surface area contributed by atoms with Gasteiger partial charge in [0, 0.05) is 22.6 Å². The van der Waals surface area contributed by atoms with Crippen molar-refractivity contribution in [3.05, 3.63) is 35.5 Å². The molecule has 3 rings (SSSR count). The minimum absolute atomic E-state index is 0.0814. The molecule has 0 saturated heterocycles. The Hall–Kier alpha value is -2.34. The molecule has 0 bridgehead atoms. The van der Waals surface area contributed by atoms with Crippen LogP contribution in [0.25, 0.3) is 10.9 Å². The molecule has 24 heavy (non-hydrogen) atoms. The lowest BCUT2D eigenvalue weighted by Gasteiger charge is -2.25. The third-order valence-electron chi connectivity index (χ3n) is 4.68. The van der Waals surface area contributed by atoms with Crippen LogP contribution in [0.4, 0.5) is 0 Å². The molecule has 1 aliphatic rings. The Morgan fingerprint density at radius 1 is 1.21 bits per heavy atom. The van der Waals surface area contributed by atoms with Gasteiger partial charge in [0.1, 0.15) is 0 Å². The van der Waals surface area contributed by atoms with Gasteiger partial charge in [-0.15, -0.1) is 0 Å². The van der Waals surface area contributed by atoms with E-state index in [9.17, 15) is 9.59 Å². The monoisotopic (exact) mass is 330 g/mol. The van der Waals surface area contributed by atoms with E-state index in [4.69, 9.17) is 9.47 Å². The average molecular weight is 330 g/mol. The second-order valence-electron chi connectivity index (χ2n) is 6.00. The smallest absolute Gasteiger partial charge is 0.320 e. The van der Waals surface area contributed by atoms with Gasteiger partial charge in [-0.3, -0.25) is 9.59 Å². The number of ether oxygens (including phenoxy) is 2. The Kier molecular flexibility index (Phi) is 4.85. The van der Waals surface area contributed by atoms with Crippen molar-refractivity contribution in [3.63, 3.8) is 0 Å². The van der Waals surface area contributed by atoms with Crippen LogP contribution in [0.5, 0.6) is 0 Å². The molecule has 1 aliphatic heterocycles. The zero-order valence-electron chi connectivity index (χ0n) is 13.9. The molecule has 1 aromatic carbocycles. The number of methoxy groups -OCH3 is 2. The Morgan fingerprint density at radius 2 is 1.92 bits per heavy atom. The van der Waals surface area contributed by atoms with Crippen molar-refractivity contribution in [2.75, 3.05) is 20.8 Å². The van der Waals surface area contributed by atoms with E-state index in [1.807, 2.05) is 12.1 Å². The molecule has 128 valence electrons. The van der Waals surface area contributed by atoms with Crippen LogP contribution < -0.4 is 5.32 Å². The Balaban J connectivity index is 1.79. The van der Waals surface area contributed by atoms with Crippen LogP contribution in [0.2, 0.25) is 0 Å². The summed E-state index contributed by atoms with van der Waals surface area (Å²) in [6.45, 7) is 0.876. The van der Waals surface area contributed by atoms with Crippen LogP contribution in [0.3, 0.4) is 0 Å². The molecule has 1 aromatic heterocycles. The second kappa shape index (κ2) is 7.05. The molecule has 2 heterocycles. The van der Waals surface area contributed by atoms with E-state index in [2.05, 4.69) is 22.4 Å². The van der Waals surface area contributed by atoms with E-state index >= 15 is 0 Å². The lowest BCUT2D eigenvalue weighted by Crippen LogP contribution is -2.32. The first kappa shape index (κ1) is 16.5. The van der Waals surface area contributed by atoms with Crippen LogP contribution in [0.15, 0.2) is 24.3 Å². The highest BCUT2D eigenvalue weighted by atomic mass is 16.5. The largest absolute Gasteiger partial charge is 0.468 e. The second-order valence-corrected chi connectivity index (χ2v) is 6.00. The summed E-state index contributed by atoms with van der Waals surface area (Å²) in [5.41, 5.74) is 3.59. The fourth-order valence-electron chi connectivity index (χ4n) is 3.46. The van der Waals surface area contributed by atoms with Gasteiger partial charge in [0.05, 0.1) is 14.2 Å². The van der Waals surface area contributed by atoms with Gasteiger partial charge in [-0.05, 0) is 37.4 Å². The van der Waals surface area contributed by atoms with Gasteiger partial charge >= 0.3 is 11.9 Å². The third kappa shape index (κ3) is 3.01. The van der Waals surface area contributed by atoms with Crippen molar-refractivity contribution in [1.29, 1.82) is 0 Å². The average Bonchev–Trinajstić information content (AvgIpc) is 3.00. The predicted molar refractivity (Wildman–Crippen MR) is 89.5 cm³/mol. The van der Waals surface area contributed by atoms with E-state index in [1.165, 1.54) is 25.2 Å². The molecule has 2 N–H and O–H groups in total.